The van der Waals surface area contributed by atoms with Gasteiger partial charge >= 0.3 is 5.97 Å². The van der Waals surface area contributed by atoms with Gasteiger partial charge < -0.3 is 21.5 Å². The zero-order valence-corrected chi connectivity index (χ0v) is 10.2. The average Bonchev–Trinajstić information content (AvgIpc) is 2.24. The highest BCUT2D eigenvalue weighted by Crippen LogP contribution is 2.04. The van der Waals surface area contributed by atoms with Crippen LogP contribution in [-0.2, 0) is 14.4 Å². The maximum Gasteiger partial charge on any atom is 0.326 e. The quantitative estimate of drug-likeness (QED) is 0.413. The van der Waals surface area contributed by atoms with Gasteiger partial charge in [0.2, 0.25) is 5.91 Å². The summed E-state index contributed by atoms with van der Waals surface area (Å²) >= 11 is 0. The van der Waals surface area contributed by atoms with Crippen molar-refractivity contribution in [3.63, 3.8) is 0 Å². The second-order valence-corrected chi connectivity index (χ2v) is 4.11. The predicted molar refractivity (Wildman–Crippen MR) is 59.8 cm³/mol. The van der Waals surface area contributed by atoms with E-state index in [4.69, 9.17) is 5.11 Å². The van der Waals surface area contributed by atoms with E-state index in [-0.39, 0.29) is 24.9 Å². The van der Waals surface area contributed by atoms with E-state index in [9.17, 15) is 14.4 Å². The topological polar surface area (TPSA) is 123 Å². The van der Waals surface area contributed by atoms with E-state index >= 15 is 0 Å². The van der Waals surface area contributed by atoms with Crippen LogP contribution in [0.4, 0.5) is 0 Å². The molecule has 7 heteroatoms. The van der Waals surface area contributed by atoms with Gasteiger partial charge in [-0.15, -0.1) is 0 Å². The van der Waals surface area contributed by atoms with Crippen LogP contribution in [0.1, 0.15) is 20.3 Å². The number of carboxylic acids is 1. The molecule has 0 saturated heterocycles. The number of amides is 2. The first-order valence-corrected chi connectivity index (χ1v) is 5.45. The molecule has 1 unspecified atom stereocenters. The molecule has 7 nitrogen and oxygen atoms in total. The molecular formula is C10H20N3O4+. The van der Waals surface area contributed by atoms with Crippen molar-refractivity contribution in [3.05, 3.63) is 0 Å². The minimum Gasteiger partial charge on any atom is -0.480 e. The van der Waals surface area contributed by atoms with Crippen LogP contribution in [0.25, 0.3) is 0 Å². The second kappa shape index (κ2) is 7.61. The van der Waals surface area contributed by atoms with E-state index in [1.807, 2.05) is 13.8 Å². The van der Waals surface area contributed by atoms with Crippen LogP contribution in [0.15, 0.2) is 0 Å². The van der Waals surface area contributed by atoms with E-state index in [2.05, 4.69) is 16.4 Å². The van der Waals surface area contributed by atoms with Gasteiger partial charge in [-0.3, -0.25) is 9.59 Å². The van der Waals surface area contributed by atoms with Gasteiger partial charge in [-0.1, -0.05) is 13.8 Å². The highest BCUT2D eigenvalue weighted by atomic mass is 16.4. The minimum absolute atomic E-state index is 0.0433. The monoisotopic (exact) mass is 246 g/mol. The average molecular weight is 246 g/mol. The summed E-state index contributed by atoms with van der Waals surface area (Å²) in [6.45, 7) is 3.55. The largest absolute Gasteiger partial charge is 0.480 e. The fourth-order valence-electron chi connectivity index (χ4n) is 1.21. The lowest BCUT2D eigenvalue weighted by atomic mass is 10.0. The molecule has 0 aromatic carbocycles. The molecule has 0 heterocycles. The van der Waals surface area contributed by atoms with Crippen molar-refractivity contribution in [3.8, 4) is 0 Å². The van der Waals surface area contributed by atoms with Gasteiger partial charge in [0, 0.05) is 0 Å². The van der Waals surface area contributed by atoms with Crippen molar-refractivity contribution >= 4 is 17.8 Å². The van der Waals surface area contributed by atoms with E-state index < -0.39 is 17.9 Å². The Morgan fingerprint density at radius 1 is 1.24 bits per heavy atom. The molecular weight excluding hydrogens is 226 g/mol. The molecule has 0 spiro atoms. The summed E-state index contributed by atoms with van der Waals surface area (Å²) in [7, 11) is 0. The van der Waals surface area contributed by atoms with Crippen LogP contribution in [-0.4, -0.2) is 42.0 Å². The molecule has 0 saturated carbocycles. The Hall–Kier alpha value is -1.63. The molecule has 6 N–H and O–H groups in total. The van der Waals surface area contributed by atoms with E-state index in [0.29, 0.717) is 6.42 Å². The number of carbonyl (C=O) groups excluding carboxylic acids is 2. The number of hydrogen-bond donors (Lipinski definition) is 4. The molecule has 0 fully saturated rings. The van der Waals surface area contributed by atoms with Gasteiger partial charge in [0.25, 0.3) is 5.91 Å². The number of aliphatic carboxylic acids is 1. The summed E-state index contributed by atoms with van der Waals surface area (Å²) in [5, 5.41) is 13.6. The SMILES string of the molecule is CC(C)CC(NC(=O)CNC(=O)C[NH3+])C(=O)O. The molecule has 1 atom stereocenters. The molecule has 0 bridgehead atoms. The lowest BCUT2D eigenvalue weighted by Crippen LogP contribution is -2.58. The molecule has 0 aromatic heterocycles. The van der Waals surface area contributed by atoms with Gasteiger partial charge in [0.05, 0.1) is 6.54 Å². The Kier molecular flexibility index (Phi) is 6.88. The van der Waals surface area contributed by atoms with Crippen LogP contribution in [0.2, 0.25) is 0 Å². The summed E-state index contributed by atoms with van der Waals surface area (Å²) in [6, 6.07) is -0.917. The summed E-state index contributed by atoms with van der Waals surface area (Å²) in [5.41, 5.74) is 3.35. The maximum atomic E-state index is 11.4. The Labute approximate surface area is 99.7 Å². The molecule has 0 aliphatic rings. The number of rotatable bonds is 7. The first-order chi connectivity index (χ1) is 7.86. The van der Waals surface area contributed by atoms with Crippen LogP contribution in [0, 0.1) is 5.92 Å². The Balaban J connectivity index is 4.13. The molecule has 0 radical (unpaired) electrons. The highest BCUT2D eigenvalue weighted by molar-refractivity contribution is 5.87. The third kappa shape index (κ3) is 7.29. The predicted octanol–water partition coefficient (Wildman–Crippen LogP) is -2.04. The van der Waals surface area contributed by atoms with Crippen LogP contribution in [0.3, 0.4) is 0 Å². The molecule has 0 aliphatic carbocycles. The Morgan fingerprint density at radius 3 is 2.24 bits per heavy atom. The number of carboxylic acid groups (broad SMARTS) is 1. The zero-order valence-electron chi connectivity index (χ0n) is 10.2. The van der Waals surface area contributed by atoms with Crippen molar-refractivity contribution in [1.82, 2.24) is 10.6 Å². The van der Waals surface area contributed by atoms with Gasteiger partial charge in [-0.2, -0.15) is 0 Å². The molecule has 0 aliphatic heterocycles. The first-order valence-electron chi connectivity index (χ1n) is 5.45. The zero-order chi connectivity index (χ0) is 13.4. The van der Waals surface area contributed by atoms with Gasteiger partial charge in [-0.25, -0.2) is 4.79 Å². The standard InChI is InChI=1S/C10H19N3O4/c1-6(2)3-7(10(16)17)13-9(15)5-12-8(14)4-11/h6-7H,3-5,11H2,1-2H3,(H,12,14)(H,13,15)(H,16,17)/p+1. The lowest BCUT2D eigenvalue weighted by Gasteiger charge is -2.16. The second-order valence-electron chi connectivity index (χ2n) is 4.11. The Bertz CT molecular complexity index is 291. The van der Waals surface area contributed by atoms with Crippen molar-refractivity contribution in [2.24, 2.45) is 5.92 Å². The van der Waals surface area contributed by atoms with Crippen molar-refractivity contribution in [2.45, 2.75) is 26.3 Å². The van der Waals surface area contributed by atoms with Gasteiger partial charge in [-0.05, 0) is 12.3 Å². The molecule has 2 amide bonds. The van der Waals surface area contributed by atoms with Crippen LogP contribution in [0.5, 0.6) is 0 Å². The third-order valence-electron chi connectivity index (χ3n) is 2.01. The van der Waals surface area contributed by atoms with Crippen LogP contribution < -0.4 is 16.4 Å². The minimum atomic E-state index is -1.07. The van der Waals surface area contributed by atoms with E-state index in [1.165, 1.54) is 0 Å². The normalized spacial score (nSPS) is 12.0. The van der Waals surface area contributed by atoms with Gasteiger partial charge in [0.1, 0.15) is 6.04 Å². The van der Waals surface area contributed by atoms with Gasteiger partial charge in [0.15, 0.2) is 6.54 Å². The summed E-state index contributed by atoms with van der Waals surface area (Å²) in [5.74, 6) is -1.78. The van der Waals surface area contributed by atoms with Crippen molar-refractivity contribution in [1.29, 1.82) is 0 Å². The van der Waals surface area contributed by atoms with E-state index in [0.717, 1.165) is 0 Å². The molecule has 0 rings (SSSR count). The summed E-state index contributed by atoms with van der Waals surface area (Å²) in [6.07, 6.45) is 0.352. The molecule has 98 valence electrons. The fraction of sp³-hybridized carbons (Fsp3) is 0.700. The summed E-state index contributed by atoms with van der Waals surface area (Å²) < 4.78 is 0. The third-order valence-corrected chi connectivity index (χ3v) is 2.01. The number of hydrogen-bond acceptors (Lipinski definition) is 3. The maximum absolute atomic E-state index is 11.4. The molecule has 17 heavy (non-hydrogen) atoms. The smallest absolute Gasteiger partial charge is 0.326 e. The number of nitrogens with one attached hydrogen (secondary N) is 2. The van der Waals surface area contributed by atoms with Crippen molar-refractivity contribution < 1.29 is 25.2 Å². The highest BCUT2D eigenvalue weighted by Gasteiger charge is 2.20. The number of quaternary nitrogens is 1. The number of carbonyl (C=O) groups is 3. The molecule has 0 aromatic rings. The first kappa shape index (κ1) is 15.4. The lowest BCUT2D eigenvalue weighted by molar-refractivity contribution is -0.355. The fourth-order valence-corrected chi connectivity index (χ4v) is 1.21. The van der Waals surface area contributed by atoms with Crippen molar-refractivity contribution in [2.75, 3.05) is 13.1 Å². The van der Waals surface area contributed by atoms with Crippen LogP contribution >= 0.6 is 0 Å². The Morgan fingerprint density at radius 2 is 1.82 bits per heavy atom. The summed E-state index contributed by atoms with van der Waals surface area (Å²) in [4.78, 5) is 33.0. The van der Waals surface area contributed by atoms with E-state index in [1.54, 1.807) is 0 Å².